The summed E-state index contributed by atoms with van der Waals surface area (Å²) in [5.74, 6) is 0.237. The Balaban J connectivity index is 1.61. The van der Waals surface area contributed by atoms with Crippen molar-refractivity contribution in [1.29, 1.82) is 0 Å². The van der Waals surface area contributed by atoms with Crippen molar-refractivity contribution in [3.05, 3.63) is 83.2 Å². The van der Waals surface area contributed by atoms with Crippen LogP contribution >= 0.6 is 0 Å². The summed E-state index contributed by atoms with van der Waals surface area (Å²) in [6, 6.07) is 19.7. The van der Waals surface area contributed by atoms with Crippen LogP contribution in [0.5, 0.6) is 11.5 Å². The molecule has 1 N–H and O–H groups in total. The number of carboxylic acid groups (broad SMARTS) is 1. The summed E-state index contributed by atoms with van der Waals surface area (Å²) in [7, 11) is 1.59. The Bertz CT molecular complexity index is 1280. The number of methoxy groups -OCH3 is 1. The predicted molar refractivity (Wildman–Crippen MR) is 157 cm³/mol. The quantitative estimate of drug-likeness (QED) is 0.248. The molecule has 5 nitrogen and oxygen atoms in total. The van der Waals surface area contributed by atoms with Gasteiger partial charge >= 0.3 is 5.97 Å². The number of carbonyl (C=O) groups is 1. The Morgan fingerprint density at radius 3 is 2.50 bits per heavy atom. The molecule has 0 amide bonds. The fraction of sp³-hybridized carbons (Fsp3) is 0.441. The smallest absolute Gasteiger partial charge is 0.303 e. The summed E-state index contributed by atoms with van der Waals surface area (Å²) in [4.78, 5) is 13.9. The fourth-order valence-corrected chi connectivity index (χ4v) is 5.92. The maximum absolute atomic E-state index is 15.1. The van der Waals surface area contributed by atoms with Crippen LogP contribution in [0.3, 0.4) is 0 Å². The molecule has 1 aliphatic rings. The van der Waals surface area contributed by atoms with Crippen molar-refractivity contribution in [3.8, 4) is 22.6 Å². The minimum Gasteiger partial charge on any atom is -0.497 e. The molecule has 0 aromatic heterocycles. The minimum absolute atomic E-state index is 0.0387. The summed E-state index contributed by atoms with van der Waals surface area (Å²) in [5.41, 5.74) is 4.45. The molecule has 0 aliphatic carbocycles. The van der Waals surface area contributed by atoms with Gasteiger partial charge in [-0.15, -0.1) is 0 Å². The number of carboxylic acids is 1. The summed E-state index contributed by atoms with van der Waals surface area (Å²) in [6.07, 6.45) is 5.39. The van der Waals surface area contributed by atoms with Gasteiger partial charge in [0.2, 0.25) is 0 Å². The van der Waals surface area contributed by atoms with E-state index in [4.69, 9.17) is 9.47 Å². The van der Waals surface area contributed by atoms with Crippen LogP contribution in [0.25, 0.3) is 11.1 Å². The number of halogens is 1. The monoisotopic (exact) mass is 547 g/mol. The van der Waals surface area contributed by atoms with E-state index in [0.717, 1.165) is 54.5 Å². The number of ether oxygens (including phenoxy) is 2. The average molecular weight is 548 g/mol. The zero-order valence-corrected chi connectivity index (χ0v) is 24.2. The fourth-order valence-electron chi connectivity index (χ4n) is 5.92. The summed E-state index contributed by atoms with van der Waals surface area (Å²) in [6.45, 7) is 7.71. The third kappa shape index (κ3) is 7.42. The highest BCUT2D eigenvalue weighted by Crippen LogP contribution is 2.34. The molecule has 4 rings (SSSR count). The number of nitrogens with zero attached hydrogens (tertiary/aromatic N) is 1. The van der Waals surface area contributed by atoms with E-state index < -0.39 is 5.97 Å². The van der Waals surface area contributed by atoms with Crippen LogP contribution in [0, 0.1) is 5.82 Å². The first-order valence-electron chi connectivity index (χ1n) is 14.4. The van der Waals surface area contributed by atoms with Crippen molar-refractivity contribution in [2.75, 3.05) is 7.11 Å². The number of piperidine rings is 1. The van der Waals surface area contributed by atoms with Crippen LogP contribution in [0.15, 0.2) is 60.7 Å². The Labute approximate surface area is 237 Å². The van der Waals surface area contributed by atoms with E-state index in [0.29, 0.717) is 35.8 Å². The highest BCUT2D eigenvalue weighted by atomic mass is 19.1. The summed E-state index contributed by atoms with van der Waals surface area (Å²) < 4.78 is 26.7. The van der Waals surface area contributed by atoms with E-state index in [1.54, 1.807) is 19.2 Å². The second-order valence-electron chi connectivity index (χ2n) is 11.1. The normalized spacial score (nSPS) is 18.3. The van der Waals surface area contributed by atoms with Crippen LogP contribution in [0.4, 0.5) is 4.39 Å². The first-order chi connectivity index (χ1) is 19.3. The van der Waals surface area contributed by atoms with Crippen LogP contribution in [0.2, 0.25) is 0 Å². The summed E-state index contributed by atoms with van der Waals surface area (Å²) in [5, 5.41) is 9.36. The van der Waals surface area contributed by atoms with Crippen molar-refractivity contribution in [2.45, 2.75) is 90.4 Å². The molecule has 0 bridgehead atoms. The maximum atomic E-state index is 15.1. The first-order valence-corrected chi connectivity index (χ1v) is 14.4. The molecule has 0 unspecified atom stereocenters. The third-order valence-corrected chi connectivity index (χ3v) is 8.16. The Kier molecular flexibility index (Phi) is 10.2. The predicted octanol–water partition coefficient (Wildman–Crippen LogP) is 8.20. The Hall–Kier alpha value is -3.38. The lowest BCUT2D eigenvalue weighted by Gasteiger charge is -2.39. The molecule has 1 heterocycles. The van der Waals surface area contributed by atoms with Gasteiger partial charge in [0.15, 0.2) is 0 Å². The molecular formula is C34H42FNO4. The van der Waals surface area contributed by atoms with E-state index in [9.17, 15) is 9.90 Å². The number of rotatable bonds is 12. The SMILES string of the molecule is CCC[C@@H](CC(=O)O)c1cccc(OCc2ccc(-c3cc(OC)ccc3F)c(CN3[C@H](C)CCC[C@@H]3C)c2)c1. The highest BCUT2D eigenvalue weighted by Gasteiger charge is 2.26. The van der Waals surface area contributed by atoms with Gasteiger partial charge in [0.25, 0.3) is 0 Å². The Morgan fingerprint density at radius 2 is 1.80 bits per heavy atom. The van der Waals surface area contributed by atoms with Gasteiger partial charge < -0.3 is 14.6 Å². The molecule has 1 aliphatic heterocycles. The topological polar surface area (TPSA) is 59.0 Å². The molecule has 214 valence electrons. The molecule has 6 heteroatoms. The van der Waals surface area contributed by atoms with Gasteiger partial charge in [0.1, 0.15) is 23.9 Å². The lowest BCUT2D eigenvalue weighted by atomic mass is 9.91. The van der Waals surface area contributed by atoms with Gasteiger partial charge in [-0.25, -0.2) is 4.39 Å². The number of hydrogen-bond acceptors (Lipinski definition) is 4. The standard InChI is InChI=1S/C34H42FNO4/c1-5-8-26(19-34(37)38)27-11-7-12-30(18-27)40-22-25-13-15-31(32-20-29(39-4)14-16-33(32)35)28(17-25)21-36-23(2)9-6-10-24(36)3/h7,11-18,20,23-24,26H,5-6,8-10,19,21-22H2,1-4H3,(H,37,38)/t23-,24+,26-/m0/s1. The summed E-state index contributed by atoms with van der Waals surface area (Å²) >= 11 is 0. The van der Waals surface area contributed by atoms with Crippen molar-refractivity contribution >= 4 is 5.97 Å². The van der Waals surface area contributed by atoms with Gasteiger partial charge in [-0.05, 0) is 91.6 Å². The largest absolute Gasteiger partial charge is 0.497 e. The zero-order valence-electron chi connectivity index (χ0n) is 24.2. The molecule has 3 atom stereocenters. The number of benzene rings is 3. The number of likely N-dealkylation sites (tertiary alicyclic amines) is 1. The Morgan fingerprint density at radius 1 is 1.02 bits per heavy atom. The molecule has 1 saturated heterocycles. The molecule has 0 radical (unpaired) electrons. The van der Waals surface area contributed by atoms with Crippen molar-refractivity contribution in [3.63, 3.8) is 0 Å². The maximum Gasteiger partial charge on any atom is 0.303 e. The molecule has 3 aromatic carbocycles. The number of aliphatic carboxylic acids is 1. The van der Waals surface area contributed by atoms with E-state index in [1.165, 1.54) is 12.5 Å². The van der Waals surface area contributed by atoms with Crippen molar-refractivity contribution < 1.29 is 23.8 Å². The molecule has 3 aromatic rings. The van der Waals surface area contributed by atoms with E-state index in [2.05, 4.69) is 31.7 Å². The lowest BCUT2D eigenvalue weighted by molar-refractivity contribution is -0.137. The number of hydrogen-bond donors (Lipinski definition) is 1. The van der Waals surface area contributed by atoms with E-state index in [1.807, 2.05) is 36.4 Å². The van der Waals surface area contributed by atoms with Crippen molar-refractivity contribution in [1.82, 2.24) is 4.90 Å². The van der Waals surface area contributed by atoms with Gasteiger partial charge in [-0.1, -0.05) is 50.1 Å². The van der Waals surface area contributed by atoms with Crippen LogP contribution in [-0.4, -0.2) is 35.2 Å². The van der Waals surface area contributed by atoms with Crippen molar-refractivity contribution in [2.24, 2.45) is 0 Å². The van der Waals surface area contributed by atoms with Crippen LogP contribution in [0.1, 0.15) is 81.9 Å². The minimum atomic E-state index is -0.790. The molecule has 0 saturated carbocycles. The van der Waals surface area contributed by atoms with Crippen LogP contribution in [-0.2, 0) is 17.9 Å². The second kappa shape index (κ2) is 13.8. The lowest BCUT2D eigenvalue weighted by Crippen LogP contribution is -2.43. The molecule has 0 spiro atoms. The average Bonchev–Trinajstić information content (AvgIpc) is 2.94. The molecular weight excluding hydrogens is 505 g/mol. The zero-order chi connectivity index (χ0) is 28.6. The van der Waals surface area contributed by atoms with E-state index in [-0.39, 0.29) is 18.2 Å². The first kappa shape index (κ1) is 29.6. The van der Waals surface area contributed by atoms with Gasteiger partial charge in [-0.2, -0.15) is 0 Å². The second-order valence-corrected chi connectivity index (χ2v) is 11.1. The molecule has 1 fully saturated rings. The highest BCUT2D eigenvalue weighted by molar-refractivity contribution is 5.70. The van der Waals surface area contributed by atoms with Gasteiger partial charge in [-0.3, -0.25) is 9.69 Å². The van der Waals surface area contributed by atoms with Gasteiger partial charge in [0.05, 0.1) is 13.5 Å². The third-order valence-electron chi connectivity index (χ3n) is 8.16. The van der Waals surface area contributed by atoms with E-state index >= 15 is 4.39 Å². The molecule has 40 heavy (non-hydrogen) atoms. The van der Waals surface area contributed by atoms with Crippen LogP contribution < -0.4 is 9.47 Å². The van der Waals surface area contributed by atoms with Gasteiger partial charge in [0, 0.05) is 24.2 Å².